The average molecular weight is 270 g/mol. The first kappa shape index (κ1) is 14.4. The van der Waals surface area contributed by atoms with Crippen LogP contribution in [0.2, 0.25) is 0 Å². The Labute approximate surface area is 121 Å². The third kappa shape index (κ3) is 3.29. The molecule has 106 valence electrons. The van der Waals surface area contributed by atoms with Crippen molar-refractivity contribution in [2.45, 2.75) is 34.1 Å². The predicted octanol–water partition coefficient (Wildman–Crippen LogP) is 4.62. The number of hydrogen-bond donors (Lipinski definition) is 1. The van der Waals surface area contributed by atoms with E-state index in [2.05, 4.69) is 50.1 Å². The van der Waals surface area contributed by atoms with Crippen LogP contribution in [0.15, 0.2) is 30.5 Å². The quantitative estimate of drug-likeness (QED) is 0.860. The molecule has 0 aliphatic heterocycles. The van der Waals surface area contributed by atoms with Crippen molar-refractivity contribution in [1.82, 2.24) is 4.98 Å². The molecule has 1 N–H and O–H groups in total. The number of hydrogen-bond acceptors (Lipinski definition) is 3. The molecule has 0 amide bonds. The molecule has 0 aliphatic rings. The highest BCUT2D eigenvalue weighted by Gasteiger charge is 2.08. The maximum absolute atomic E-state index is 6.06. The van der Waals surface area contributed by atoms with Crippen LogP contribution in [0, 0.1) is 20.8 Å². The molecule has 1 aromatic heterocycles. The Kier molecular flexibility index (Phi) is 4.61. The lowest BCUT2D eigenvalue weighted by atomic mass is 10.1. The molecule has 0 unspecified atom stereocenters. The third-order valence-electron chi connectivity index (χ3n) is 3.38. The van der Waals surface area contributed by atoms with Crippen LogP contribution in [0.5, 0.6) is 11.5 Å². The molecule has 0 saturated heterocycles. The predicted molar refractivity (Wildman–Crippen MR) is 83.7 cm³/mol. The van der Waals surface area contributed by atoms with Gasteiger partial charge in [-0.1, -0.05) is 19.1 Å². The average Bonchev–Trinajstić information content (AvgIpc) is 2.46. The summed E-state index contributed by atoms with van der Waals surface area (Å²) in [6.07, 6.45) is 2.84. The minimum atomic E-state index is 0.815. The Morgan fingerprint density at radius 1 is 1.10 bits per heavy atom. The highest BCUT2D eigenvalue weighted by atomic mass is 16.5. The lowest BCUT2D eigenvalue weighted by molar-refractivity contribution is 0.474. The molecular formula is C17H22N2O. The van der Waals surface area contributed by atoms with Crippen molar-refractivity contribution >= 4 is 5.82 Å². The Hall–Kier alpha value is -2.03. The molecular weight excluding hydrogens is 248 g/mol. The summed E-state index contributed by atoms with van der Waals surface area (Å²) >= 11 is 0. The zero-order valence-electron chi connectivity index (χ0n) is 12.7. The number of ether oxygens (including phenoxy) is 1. The lowest BCUT2D eigenvalue weighted by Crippen LogP contribution is -2.01. The van der Waals surface area contributed by atoms with E-state index in [-0.39, 0.29) is 0 Å². The monoisotopic (exact) mass is 270 g/mol. The second kappa shape index (κ2) is 6.42. The molecule has 0 radical (unpaired) electrons. The zero-order valence-corrected chi connectivity index (χ0v) is 12.7. The molecule has 3 heteroatoms. The van der Waals surface area contributed by atoms with Crippen molar-refractivity contribution in [3.05, 3.63) is 47.2 Å². The summed E-state index contributed by atoms with van der Waals surface area (Å²) in [6, 6.07) is 8.04. The Morgan fingerprint density at radius 3 is 2.60 bits per heavy atom. The van der Waals surface area contributed by atoms with Crippen molar-refractivity contribution in [3.63, 3.8) is 0 Å². The molecule has 20 heavy (non-hydrogen) atoms. The van der Waals surface area contributed by atoms with Gasteiger partial charge in [0, 0.05) is 18.8 Å². The summed E-state index contributed by atoms with van der Waals surface area (Å²) in [5, 5.41) is 3.27. The fourth-order valence-corrected chi connectivity index (χ4v) is 2.02. The first-order chi connectivity index (χ1) is 9.61. The fraction of sp³-hybridized carbons (Fsp3) is 0.353. The van der Waals surface area contributed by atoms with Gasteiger partial charge in [0.2, 0.25) is 0 Å². The highest BCUT2D eigenvalue weighted by molar-refractivity contribution is 5.48. The van der Waals surface area contributed by atoms with E-state index < -0.39 is 0 Å². The first-order valence-electron chi connectivity index (χ1n) is 7.06. The maximum atomic E-state index is 6.06. The van der Waals surface area contributed by atoms with Crippen molar-refractivity contribution in [3.8, 4) is 11.5 Å². The number of pyridine rings is 1. The third-order valence-corrected chi connectivity index (χ3v) is 3.38. The van der Waals surface area contributed by atoms with Gasteiger partial charge in [0.25, 0.3) is 0 Å². The zero-order chi connectivity index (χ0) is 14.5. The van der Waals surface area contributed by atoms with Crippen LogP contribution in [-0.4, -0.2) is 11.5 Å². The molecule has 0 spiro atoms. The van der Waals surface area contributed by atoms with E-state index >= 15 is 0 Å². The van der Waals surface area contributed by atoms with Gasteiger partial charge in [0.15, 0.2) is 0 Å². The van der Waals surface area contributed by atoms with E-state index in [1.54, 1.807) is 6.20 Å². The number of anilines is 1. The maximum Gasteiger partial charge on any atom is 0.133 e. The van der Waals surface area contributed by atoms with Crippen LogP contribution in [-0.2, 0) is 0 Å². The van der Waals surface area contributed by atoms with Crippen molar-refractivity contribution in [2.75, 3.05) is 11.9 Å². The molecule has 3 nitrogen and oxygen atoms in total. The summed E-state index contributed by atoms with van der Waals surface area (Å²) in [5.74, 6) is 2.61. The standard InChI is InChI=1S/C17H22N2O/c1-5-9-18-16-11-15(8-10-19-16)20-17-13(3)7-6-12(2)14(17)4/h6-8,10-11H,5,9H2,1-4H3,(H,18,19). The van der Waals surface area contributed by atoms with Crippen molar-refractivity contribution in [1.29, 1.82) is 0 Å². The van der Waals surface area contributed by atoms with Gasteiger partial charge in [-0.3, -0.25) is 0 Å². The lowest BCUT2D eigenvalue weighted by Gasteiger charge is -2.14. The molecule has 1 aromatic carbocycles. The van der Waals surface area contributed by atoms with Gasteiger partial charge < -0.3 is 10.1 Å². The smallest absolute Gasteiger partial charge is 0.133 e. The number of rotatable bonds is 5. The van der Waals surface area contributed by atoms with Crippen LogP contribution in [0.1, 0.15) is 30.0 Å². The van der Waals surface area contributed by atoms with E-state index in [0.29, 0.717) is 0 Å². The Bertz CT molecular complexity index is 594. The van der Waals surface area contributed by atoms with E-state index in [0.717, 1.165) is 35.8 Å². The first-order valence-corrected chi connectivity index (χ1v) is 7.06. The highest BCUT2D eigenvalue weighted by Crippen LogP contribution is 2.31. The fourth-order valence-electron chi connectivity index (χ4n) is 2.02. The van der Waals surface area contributed by atoms with Gasteiger partial charge in [0.1, 0.15) is 17.3 Å². The molecule has 0 aliphatic carbocycles. The number of benzene rings is 1. The van der Waals surface area contributed by atoms with Crippen LogP contribution in [0.25, 0.3) is 0 Å². The molecule has 2 aromatic rings. The van der Waals surface area contributed by atoms with Crippen molar-refractivity contribution in [2.24, 2.45) is 0 Å². The van der Waals surface area contributed by atoms with Gasteiger partial charge in [0.05, 0.1) is 0 Å². The van der Waals surface area contributed by atoms with E-state index in [1.165, 1.54) is 11.1 Å². The van der Waals surface area contributed by atoms with E-state index in [4.69, 9.17) is 4.74 Å². The van der Waals surface area contributed by atoms with E-state index in [9.17, 15) is 0 Å². The van der Waals surface area contributed by atoms with E-state index in [1.807, 2.05) is 12.1 Å². The Balaban J connectivity index is 2.24. The SMILES string of the molecule is CCCNc1cc(Oc2c(C)ccc(C)c2C)ccn1. The molecule has 1 heterocycles. The van der Waals surface area contributed by atoms with Gasteiger partial charge in [-0.2, -0.15) is 0 Å². The summed E-state index contributed by atoms with van der Waals surface area (Å²) in [5.41, 5.74) is 3.57. The minimum Gasteiger partial charge on any atom is -0.457 e. The van der Waals surface area contributed by atoms with Gasteiger partial charge >= 0.3 is 0 Å². The molecule has 0 bridgehead atoms. The van der Waals surface area contributed by atoms with Gasteiger partial charge in [-0.05, 0) is 49.9 Å². The van der Waals surface area contributed by atoms with Gasteiger partial charge in [-0.25, -0.2) is 4.98 Å². The largest absolute Gasteiger partial charge is 0.457 e. The summed E-state index contributed by atoms with van der Waals surface area (Å²) in [4.78, 5) is 4.29. The molecule has 2 rings (SSSR count). The minimum absolute atomic E-state index is 0.815. The number of nitrogens with one attached hydrogen (secondary N) is 1. The molecule has 0 atom stereocenters. The molecule has 0 saturated carbocycles. The van der Waals surface area contributed by atoms with Crippen LogP contribution in [0.4, 0.5) is 5.82 Å². The van der Waals surface area contributed by atoms with Crippen LogP contribution < -0.4 is 10.1 Å². The summed E-state index contributed by atoms with van der Waals surface area (Å²) in [6.45, 7) is 9.31. The number of aromatic nitrogens is 1. The second-order valence-electron chi connectivity index (χ2n) is 5.06. The van der Waals surface area contributed by atoms with Gasteiger partial charge in [-0.15, -0.1) is 0 Å². The Morgan fingerprint density at radius 2 is 1.85 bits per heavy atom. The normalized spacial score (nSPS) is 10.4. The number of nitrogens with zero attached hydrogens (tertiary/aromatic N) is 1. The number of aryl methyl sites for hydroxylation is 2. The summed E-state index contributed by atoms with van der Waals surface area (Å²) in [7, 11) is 0. The summed E-state index contributed by atoms with van der Waals surface area (Å²) < 4.78 is 6.06. The second-order valence-corrected chi connectivity index (χ2v) is 5.06. The van der Waals surface area contributed by atoms with Crippen LogP contribution in [0.3, 0.4) is 0 Å². The van der Waals surface area contributed by atoms with Crippen molar-refractivity contribution < 1.29 is 4.74 Å². The van der Waals surface area contributed by atoms with Crippen LogP contribution >= 0.6 is 0 Å². The topological polar surface area (TPSA) is 34.1 Å². The molecule has 0 fully saturated rings.